The van der Waals surface area contributed by atoms with Crippen molar-refractivity contribution >= 4 is 11.3 Å². The predicted octanol–water partition coefficient (Wildman–Crippen LogP) is 2.03. The van der Waals surface area contributed by atoms with Gasteiger partial charge in [-0.3, -0.25) is 0 Å². The largest absolute Gasteiger partial charge is 0.385 e. The summed E-state index contributed by atoms with van der Waals surface area (Å²) in [6.07, 6.45) is -0.0891. The molecule has 0 radical (unpaired) electrons. The van der Waals surface area contributed by atoms with E-state index in [1.54, 1.807) is 5.38 Å². The van der Waals surface area contributed by atoms with Crippen molar-refractivity contribution in [2.24, 2.45) is 5.92 Å². The summed E-state index contributed by atoms with van der Waals surface area (Å²) in [6, 6.07) is 2.07. The van der Waals surface area contributed by atoms with Crippen molar-refractivity contribution in [3.63, 3.8) is 0 Å². The van der Waals surface area contributed by atoms with E-state index in [1.165, 1.54) is 11.3 Å². The molecule has 1 N–H and O–H groups in total. The lowest BCUT2D eigenvalue weighted by molar-refractivity contribution is 0.129. The van der Waals surface area contributed by atoms with Gasteiger partial charge in [0.1, 0.15) is 6.10 Å². The van der Waals surface area contributed by atoms with Gasteiger partial charge in [-0.15, -0.1) is 11.3 Å². The first-order valence-electron chi connectivity index (χ1n) is 4.18. The van der Waals surface area contributed by atoms with Gasteiger partial charge in [0.05, 0.1) is 22.7 Å². The molecule has 2 atom stereocenters. The number of hydrogen-bond acceptors (Lipinski definition) is 4. The lowest BCUT2D eigenvalue weighted by Crippen LogP contribution is -2.10. The Morgan fingerprint density at radius 1 is 1.77 bits per heavy atom. The molecular weight excluding hydrogens is 184 g/mol. The topological polar surface area (TPSA) is 56.9 Å². The first-order chi connectivity index (χ1) is 6.19. The van der Waals surface area contributed by atoms with E-state index in [1.807, 2.05) is 13.8 Å². The molecule has 0 amide bonds. The third-order valence-corrected chi connectivity index (χ3v) is 2.72. The maximum atomic E-state index is 9.72. The Balaban J connectivity index is 2.78. The van der Waals surface area contributed by atoms with Crippen LogP contribution in [0.1, 0.15) is 30.2 Å². The molecule has 1 rings (SSSR count). The fraction of sp³-hybridized carbons (Fsp3) is 0.556. The molecule has 0 aromatic carbocycles. The molecule has 0 aliphatic carbocycles. The number of aliphatic hydroxyl groups excluding tert-OH is 1. The van der Waals surface area contributed by atoms with Gasteiger partial charge < -0.3 is 5.11 Å². The highest BCUT2D eigenvalue weighted by molar-refractivity contribution is 7.09. The highest BCUT2D eigenvalue weighted by Gasteiger charge is 2.20. The van der Waals surface area contributed by atoms with Gasteiger partial charge in [-0.25, -0.2) is 4.98 Å². The van der Waals surface area contributed by atoms with Crippen LogP contribution in [-0.2, 0) is 0 Å². The molecule has 13 heavy (non-hydrogen) atoms. The van der Waals surface area contributed by atoms with Crippen LogP contribution < -0.4 is 0 Å². The van der Waals surface area contributed by atoms with E-state index in [0.717, 1.165) is 5.01 Å². The predicted molar refractivity (Wildman–Crippen MR) is 51.2 cm³/mol. The van der Waals surface area contributed by atoms with E-state index in [2.05, 4.69) is 11.1 Å². The Bertz CT molecular complexity index is 316. The lowest BCUT2D eigenvalue weighted by atomic mass is 9.99. The van der Waals surface area contributed by atoms with Gasteiger partial charge in [-0.2, -0.15) is 5.26 Å². The van der Waals surface area contributed by atoms with E-state index < -0.39 is 6.10 Å². The van der Waals surface area contributed by atoms with Crippen molar-refractivity contribution in [3.05, 3.63) is 16.1 Å². The third kappa shape index (κ3) is 2.27. The first-order valence-corrected chi connectivity index (χ1v) is 5.06. The maximum Gasteiger partial charge on any atom is 0.113 e. The number of hydrogen-bond donors (Lipinski definition) is 1. The summed E-state index contributed by atoms with van der Waals surface area (Å²) in [5.74, 6) is -0.346. The van der Waals surface area contributed by atoms with Gasteiger partial charge in [0.2, 0.25) is 0 Å². The Morgan fingerprint density at radius 2 is 2.46 bits per heavy atom. The molecule has 0 spiro atoms. The van der Waals surface area contributed by atoms with Crippen molar-refractivity contribution in [1.29, 1.82) is 5.26 Å². The van der Waals surface area contributed by atoms with E-state index in [0.29, 0.717) is 12.1 Å². The summed E-state index contributed by atoms with van der Waals surface area (Å²) in [7, 11) is 0. The van der Waals surface area contributed by atoms with Crippen molar-refractivity contribution in [2.45, 2.75) is 26.4 Å². The monoisotopic (exact) mass is 196 g/mol. The first kappa shape index (κ1) is 10.2. The summed E-state index contributed by atoms with van der Waals surface area (Å²) >= 11 is 1.49. The fourth-order valence-corrected chi connectivity index (χ4v) is 1.75. The minimum Gasteiger partial charge on any atom is -0.385 e. The molecule has 1 heterocycles. The minimum atomic E-state index is -0.736. The smallest absolute Gasteiger partial charge is 0.113 e. The molecule has 2 unspecified atom stereocenters. The second kappa shape index (κ2) is 4.35. The molecule has 0 aliphatic rings. The van der Waals surface area contributed by atoms with E-state index in [4.69, 9.17) is 5.26 Å². The number of nitrogens with zero attached hydrogens (tertiary/aromatic N) is 2. The van der Waals surface area contributed by atoms with Crippen LogP contribution in [0.15, 0.2) is 5.38 Å². The van der Waals surface area contributed by atoms with Gasteiger partial charge in [0.15, 0.2) is 0 Å². The van der Waals surface area contributed by atoms with Gasteiger partial charge in [-0.05, 0) is 13.3 Å². The van der Waals surface area contributed by atoms with Crippen molar-refractivity contribution < 1.29 is 5.11 Å². The fourth-order valence-electron chi connectivity index (χ4n) is 1.11. The van der Waals surface area contributed by atoms with Gasteiger partial charge in [0.25, 0.3) is 0 Å². The van der Waals surface area contributed by atoms with Crippen molar-refractivity contribution in [3.8, 4) is 6.07 Å². The van der Waals surface area contributed by atoms with Crippen LogP contribution in [0.3, 0.4) is 0 Å². The van der Waals surface area contributed by atoms with E-state index >= 15 is 0 Å². The van der Waals surface area contributed by atoms with E-state index in [-0.39, 0.29) is 5.92 Å². The number of aromatic nitrogens is 1. The number of aryl methyl sites for hydroxylation is 1. The summed E-state index contributed by atoms with van der Waals surface area (Å²) < 4.78 is 0. The second-order valence-corrected chi connectivity index (χ2v) is 3.94. The Labute approximate surface area is 81.7 Å². The number of thiazole rings is 1. The van der Waals surface area contributed by atoms with Crippen LogP contribution >= 0.6 is 11.3 Å². The Kier molecular flexibility index (Phi) is 3.40. The molecule has 0 aliphatic heterocycles. The average Bonchev–Trinajstić information content (AvgIpc) is 2.54. The van der Waals surface area contributed by atoms with Crippen LogP contribution in [-0.4, -0.2) is 10.1 Å². The van der Waals surface area contributed by atoms with Gasteiger partial charge in [0, 0.05) is 5.38 Å². The highest BCUT2D eigenvalue weighted by Crippen LogP contribution is 2.24. The Hall–Kier alpha value is -0.920. The number of rotatable bonds is 3. The molecule has 0 saturated carbocycles. The lowest BCUT2D eigenvalue weighted by Gasteiger charge is -2.11. The summed E-state index contributed by atoms with van der Waals surface area (Å²) in [5.41, 5.74) is 0.621. The molecule has 0 saturated heterocycles. The molecule has 1 aromatic heterocycles. The van der Waals surface area contributed by atoms with Crippen molar-refractivity contribution in [1.82, 2.24) is 4.98 Å². The average molecular weight is 196 g/mol. The van der Waals surface area contributed by atoms with Gasteiger partial charge in [-0.1, -0.05) is 6.92 Å². The van der Waals surface area contributed by atoms with Gasteiger partial charge >= 0.3 is 0 Å². The number of aliphatic hydroxyl groups is 1. The van der Waals surface area contributed by atoms with Crippen LogP contribution in [0.5, 0.6) is 0 Å². The second-order valence-electron chi connectivity index (χ2n) is 2.88. The molecule has 4 heteroatoms. The summed E-state index contributed by atoms with van der Waals surface area (Å²) in [5, 5.41) is 21.2. The quantitative estimate of drug-likeness (QED) is 0.804. The molecule has 70 valence electrons. The van der Waals surface area contributed by atoms with Crippen LogP contribution in [0.25, 0.3) is 0 Å². The standard InChI is InChI=1S/C9H12N2OS/c1-3-7(4-10)9(12)8-5-13-6(2)11-8/h5,7,9,12H,3H2,1-2H3. The summed E-state index contributed by atoms with van der Waals surface area (Å²) in [6.45, 7) is 3.77. The molecule has 3 nitrogen and oxygen atoms in total. The molecule has 0 bridgehead atoms. The summed E-state index contributed by atoms with van der Waals surface area (Å²) in [4.78, 5) is 4.14. The molecule has 1 aromatic rings. The zero-order valence-corrected chi connectivity index (χ0v) is 8.51. The van der Waals surface area contributed by atoms with E-state index in [9.17, 15) is 5.11 Å². The Morgan fingerprint density at radius 3 is 2.85 bits per heavy atom. The van der Waals surface area contributed by atoms with Crippen molar-refractivity contribution in [2.75, 3.05) is 0 Å². The van der Waals surface area contributed by atoms with Crippen LogP contribution in [0.4, 0.5) is 0 Å². The van der Waals surface area contributed by atoms with Crippen LogP contribution in [0.2, 0.25) is 0 Å². The maximum absolute atomic E-state index is 9.72. The zero-order valence-electron chi connectivity index (χ0n) is 7.69. The SMILES string of the molecule is CCC(C#N)C(O)c1csc(C)n1. The highest BCUT2D eigenvalue weighted by atomic mass is 32.1. The molecule has 0 fully saturated rings. The number of nitriles is 1. The molecular formula is C9H12N2OS. The normalized spacial score (nSPS) is 14.9. The van der Waals surface area contributed by atoms with Crippen LogP contribution in [0, 0.1) is 24.2 Å². The minimum absolute atomic E-state index is 0.346. The third-order valence-electron chi connectivity index (χ3n) is 1.93. The zero-order chi connectivity index (χ0) is 9.84.